The van der Waals surface area contributed by atoms with Gasteiger partial charge in [-0.2, -0.15) is 0 Å². The van der Waals surface area contributed by atoms with E-state index < -0.39 is 0 Å². The molecule has 0 fully saturated rings. The predicted octanol–water partition coefficient (Wildman–Crippen LogP) is 1.31. The van der Waals surface area contributed by atoms with E-state index in [0.29, 0.717) is 6.54 Å². The van der Waals surface area contributed by atoms with Crippen molar-refractivity contribution >= 4 is 0 Å². The molecule has 1 atom stereocenters. The Morgan fingerprint density at radius 2 is 2.22 bits per heavy atom. The van der Waals surface area contributed by atoms with E-state index in [2.05, 4.69) is 10.3 Å². The molecule has 0 saturated heterocycles. The molecule has 96 valence electrons. The van der Waals surface area contributed by atoms with Gasteiger partial charge >= 0.3 is 0 Å². The second kappa shape index (κ2) is 5.73. The van der Waals surface area contributed by atoms with E-state index in [0.717, 1.165) is 24.1 Å². The third kappa shape index (κ3) is 3.37. The van der Waals surface area contributed by atoms with Crippen molar-refractivity contribution in [3.05, 3.63) is 47.5 Å². The Hall–Kier alpha value is -1.75. The van der Waals surface area contributed by atoms with Gasteiger partial charge in [-0.15, -0.1) is 5.10 Å². The number of nitrogens with two attached hydrogens (primary N) is 1. The zero-order chi connectivity index (χ0) is 13.0. The van der Waals surface area contributed by atoms with Crippen LogP contribution in [0.2, 0.25) is 0 Å². The lowest BCUT2D eigenvalue weighted by atomic mass is 9.95. The molecule has 2 aromatic rings. The fraction of sp³-hybridized carbons (Fsp3) is 0.385. The minimum absolute atomic E-state index is 0.206. The molecule has 1 aromatic carbocycles. The molecule has 2 N–H and O–H groups in total. The molecule has 0 aliphatic heterocycles. The van der Waals surface area contributed by atoms with E-state index >= 15 is 0 Å². The zero-order valence-electron chi connectivity index (χ0n) is 10.4. The molecule has 1 aromatic heterocycles. The summed E-state index contributed by atoms with van der Waals surface area (Å²) < 4.78 is 14.8. The minimum atomic E-state index is -0.206. The van der Waals surface area contributed by atoms with Gasteiger partial charge in [0.15, 0.2) is 0 Å². The summed E-state index contributed by atoms with van der Waals surface area (Å²) >= 11 is 0. The molecule has 2 rings (SSSR count). The van der Waals surface area contributed by atoms with Crippen LogP contribution in [0.3, 0.4) is 0 Å². The number of halogens is 1. The van der Waals surface area contributed by atoms with Crippen molar-refractivity contribution in [3.63, 3.8) is 0 Å². The van der Waals surface area contributed by atoms with Crippen LogP contribution in [0, 0.1) is 11.7 Å². The summed E-state index contributed by atoms with van der Waals surface area (Å²) in [6.07, 6.45) is 3.40. The number of nitrogens with zero attached hydrogens (tertiary/aromatic N) is 3. The predicted molar refractivity (Wildman–Crippen MR) is 67.4 cm³/mol. The summed E-state index contributed by atoms with van der Waals surface area (Å²) in [6, 6.07) is 6.64. The van der Waals surface area contributed by atoms with Gasteiger partial charge in [-0.1, -0.05) is 17.3 Å². The van der Waals surface area contributed by atoms with Crippen LogP contribution in [0.1, 0.15) is 11.3 Å². The molecule has 18 heavy (non-hydrogen) atoms. The van der Waals surface area contributed by atoms with Crippen LogP contribution in [-0.2, 0) is 19.9 Å². The lowest BCUT2D eigenvalue weighted by molar-refractivity contribution is 0.523. The first-order valence-corrected chi connectivity index (χ1v) is 5.97. The Balaban J connectivity index is 2.01. The van der Waals surface area contributed by atoms with Crippen LogP contribution in [-0.4, -0.2) is 21.5 Å². The van der Waals surface area contributed by atoms with E-state index in [9.17, 15) is 4.39 Å². The summed E-state index contributed by atoms with van der Waals surface area (Å²) in [5.41, 5.74) is 7.65. The highest BCUT2D eigenvalue weighted by Crippen LogP contribution is 2.13. The SMILES string of the molecule is Cn1cc(CC(CN)Cc2cccc(F)c2)nn1. The molecular weight excluding hydrogens is 231 g/mol. The lowest BCUT2D eigenvalue weighted by Crippen LogP contribution is -2.19. The van der Waals surface area contributed by atoms with Crippen LogP contribution >= 0.6 is 0 Å². The maximum absolute atomic E-state index is 13.1. The summed E-state index contributed by atoms with van der Waals surface area (Å²) in [6.45, 7) is 0.549. The maximum atomic E-state index is 13.1. The Morgan fingerprint density at radius 3 is 2.83 bits per heavy atom. The first-order valence-electron chi connectivity index (χ1n) is 5.97. The van der Waals surface area contributed by atoms with Crippen LogP contribution < -0.4 is 5.73 Å². The van der Waals surface area contributed by atoms with E-state index in [1.165, 1.54) is 6.07 Å². The third-order valence-corrected chi connectivity index (χ3v) is 2.89. The average molecular weight is 248 g/mol. The standard InChI is InChI=1S/C13H17FN4/c1-18-9-13(16-17-18)7-11(8-15)5-10-3-2-4-12(14)6-10/h2-4,6,9,11H,5,7-8,15H2,1H3. The van der Waals surface area contributed by atoms with Crippen LogP contribution in [0.15, 0.2) is 30.5 Å². The summed E-state index contributed by atoms with van der Waals surface area (Å²) in [7, 11) is 1.83. The van der Waals surface area contributed by atoms with Gasteiger partial charge in [0.1, 0.15) is 5.82 Å². The maximum Gasteiger partial charge on any atom is 0.123 e. The van der Waals surface area contributed by atoms with E-state index in [1.54, 1.807) is 16.8 Å². The van der Waals surface area contributed by atoms with Crippen molar-refractivity contribution in [2.75, 3.05) is 6.54 Å². The second-order valence-electron chi connectivity index (χ2n) is 4.52. The number of aromatic nitrogens is 3. The summed E-state index contributed by atoms with van der Waals surface area (Å²) in [5, 5.41) is 7.94. The zero-order valence-corrected chi connectivity index (χ0v) is 10.4. The van der Waals surface area contributed by atoms with E-state index in [4.69, 9.17) is 5.73 Å². The third-order valence-electron chi connectivity index (χ3n) is 2.89. The monoisotopic (exact) mass is 248 g/mol. The molecule has 0 aliphatic carbocycles. The molecule has 0 bridgehead atoms. The van der Waals surface area contributed by atoms with Gasteiger partial charge in [0.05, 0.1) is 5.69 Å². The molecular formula is C13H17FN4. The highest BCUT2D eigenvalue weighted by molar-refractivity contribution is 5.17. The largest absolute Gasteiger partial charge is 0.330 e. The normalized spacial score (nSPS) is 12.6. The average Bonchev–Trinajstić information content (AvgIpc) is 2.74. The first-order chi connectivity index (χ1) is 8.67. The van der Waals surface area contributed by atoms with Crippen LogP contribution in [0.4, 0.5) is 4.39 Å². The van der Waals surface area contributed by atoms with Gasteiger partial charge in [0.25, 0.3) is 0 Å². The van der Waals surface area contributed by atoms with Gasteiger partial charge in [0.2, 0.25) is 0 Å². The summed E-state index contributed by atoms with van der Waals surface area (Å²) in [4.78, 5) is 0. The van der Waals surface area contributed by atoms with Crippen LogP contribution in [0.5, 0.6) is 0 Å². The van der Waals surface area contributed by atoms with Crippen molar-refractivity contribution in [1.82, 2.24) is 15.0 Å². The molecule has 5 heteroatoms. The highest BCUT2D eigenvalue weighted by atomic mass is 19.1. The van der Waals surface area contributed by atoms with Gasteiger partial charge < -0.3 is 5.73 Å². The fourth-order valence-electron chi connectivity index (χ4n) is 2.02. The number of aryl methyl sites for hydroxylation is 1. The minimum Gasteiger partial charge on any atom is -0.330 e. The second-order valence-corrected chi connectivity index (χ2v) is 4.52. The molecule has 0 spiro atoms. The Bertz CT molecular complexity index is 509. The van der Waals surface area contributed by atoms with Gasteiger partial charge in [-0.25, -0.2) is 4.39 Å². The van der Waals surface area contributed by atoms with Crippen molar-refractivity contribution < 1.29 is 4.39 Å². The molecule has 0 aliphatic rings. The van der Waals surface area contributed by atoms with E-state index in [1.807, 2.05) is 19.3 Å². The molecule has 4 nitrogen and oxygen atoms in total. The molecule has 0 radical (unpaired) electrons. The number of hydrogen-bond acceptors (Lipinski definition) is 3. The quantitative estimate of drug-likeness (QED) is 0.868. The molecule has 1 unspecified atom stereocenters. The number of benzene rings is 1. The Kier molecular flexibility index (Phi) is 4.04. The van der Waals surface area contributed by atoms with Crippen molar-refractivity contribution in [3.8, 4) is 0 Å². The molecule has 0 saturated carbocycles. The molecule has 1 heterocycles. The van der Waals surface area contributed by atoms with E-state index in [-0.39, 0.29) is 11.7 Å². The topological polar surface area (TPSA) is 56.7 Å². The first kappa shape index (κ1) is 12.7. The van der Waals surface area contributed by atoms with Gasteiger partial charge in [-0.05, 0) is 43.0 Å². The smallest absolute Gasteiger partial charge is 0.123 e. The summed E-state index contributed by atoms with van der Waals surface area (Å²) in [5.74, 6) is 0.0475. The Labute approximate surface area is 106 Å². The highest BCUT2D eigenvalue weighted by Gasteiger charge is 2.11. The fourth-order valence-corrected chi connectivity index (χ4v) is 2.02. The van der Waals surface area contributed by atoms with Gasteiger partial charge in [0, 0.05) is 13.2 Å². The Morgan fingerprint density at radius 1 is 1.39 bits per heavy atom. The van der Waals surface area contributed by atoms with Gasteiger partial charge in [-0.3, -0.25) is 4.68 Å². The van der Waals surface area contributed by atoms with Crippen molar-refractivity contribution in [2.24, 2.45) is 18.7 Å². The van der Waals surface area contributed by atoms with Crippen molar-refractivity contribution in [1.29, 1.82) is 0 Å². The molecule has 0 amide bonds. The van der Waals surface area contributed by atoms with Crippen LogP contribution in [0.25, 0.3) is 0 Å². The number of hydrogen-bond donors (Lipinski definition) is 1. The number of rotatable bonds is 5. The lowest BCUT2D eigenvalue weighted by Gasteiger charge is -2.13. The van der Waals surface area contributed by atoms with Crippen molar-refractivity contribution in [2.45, 2.75) is 12.8 Å².